The van der Waals surface area contributed by atoms with Gasteiger partial charge in [-0.25, -0.2) is 9.59 Å². The first-order valence-electron chi connectivity index (χ1n) is 20.5. The Hall–Kier alpha value is -3.24. The maximum absolute atomic E-state index is 11.5. The van der Waals surface area contributed by atoms with Gasteiger partial charge in [-0.3, -0.25) is 9.59 Å². The van der Waals surface area contributed by atoms with E-state index < -0.39 is 0 Å². The van der Waals surface area contributed by atoms with Crippen LogP contribution in [0.25, 0.3) is 0 Å². The van der Waals surface area contributed by atoms with Gasteiger partial charge in [0.15, 0.2) is 0 Å². The molecule has 0 aliphatic rings. The molecule has 0 aromatic heterocycles. The van der Waals surface area contributed by atoms with Crippen LogP contribution in [0.5, 0.6) is 0 Å². The highest BCUT2D eigenvalue weighted by Crippen LogP contribution is 2.15. The van der Waals surface area contributed by atoms with E-state index in [0.29, 0.717) is 24.0 Å². The summed E-state index contributed by atoms with van der Waals surface area (Å²) in [4.78, 5) is 44.5. The van der Waals surface area contributed by atoms with Crippen LogP contribution < -0.4 is 5.73 Å². The summed E-state index contributed by atoms with van der Waals surface area (Å²) in [5.74, 6) is -0.720. The van der Waals surface area contributed by atoms with Gasteiger partial charge >= 0.3 is 23.9 Å². The number of benzene rings is 2. The predicted octanol–water partition coefficient (Wildman–Crippen LogP) is 10.9. The second-order valence-electron chi connectivity index (χ2n) is 13.7. The molecule has 0 radical (unpaired) electrons. The number of aryl methyl sites for hydroxylation is 2. The fourth-order valence-electron chi connectivity index (χ4n) is 5.88. The Bertz CT molecular complexity index is 1270. The predicted molar refractivity (Wildman–Crippen MR) is 227 cm³/mol. The molecule has 0 bridgehead atoms. The minimum atomic E-state index is -0.264. The second-order valence-corrected chi connectivity index (χ2v) is 14.5. The van der Waals surface area contributed by atoms with Crippen LogP contribution >= 0.6 is 15.9 Å². The molecule has 0 aliphatic carbocycles. The molecule has 0 heterocycles. The Balaban J connectivity index is 0.000000880. The lowest BCUT2D eigenvalue weighted by molar-refractivity contribution is -0.141. The molecule has 9 nitrogen and oxygen atoms in total. The molecule has 2 aromatic rings. The van der Waals surface area contributed by atoms with Crippen molar-refractivity contribution < 1.29 is 38.1 Å². The van der Waals surface area contributed by atoms with E-state index >= 15 is 0 Å². The first-order chi connectivity index (χ1) is 26.8. The molecule has 0 amide bonds. The number of carbonyl (C=O) groups excluding carboxylic acids is 4. The van der Waals surface area contributed by atoms with Gasteiger partial charge in [0.2, 0.25) is 0 Å². The summed E-state index contributed by atoms with van der Waals surface area (Å²) in [6.45, 7) is 0.775. The number of unbranched alkanes of at least 4 members (excludes halogenated alkanes) is 16. The maximum atomic E-state index is 11.5. The molecule has 0 aliphatic heterocycles. The Morgan fingerprint density at radius 3 is 1.16 bits per heavy atom. The number of alkyl halides is 1. The fourth-order valence-corrected chi connectivity index (χ4v) is 6.28. The lowest BCUT2D eigenvalue weighted by atomic mass is 10.0. The number of halogens is 1. The average Bonchev–Trinajstić information content (AvgIpc) is 3.22. The summed E-state index contributed by atoms with van der Waals surface area (Å²) in [5, 5.41) is 1.06. The topological polar surface area (TPSA) is 131 Å². The van der Waals surface area contributed by atoms with E-state index in [1.165, 1.54) is 123 Å². The molecule has 312 valence electrons. The Morgan fingerprint density at radius 1 is 0.473 bits per heavy atom. The summed E-state index contributed by atoms with van der Waals surface area (Å²) >= 11 is 3.41. The van der Waals surface area contributed by atoms with Crippen LogP contribution in [0.4, 0.5) is 0 Å². The molecule has 0 saturated carbocycles. The normalized spacial score (nSPS) is 10.3. The highest BCUT2D eigenvalue weighted by molar-refractivity contribution is 9.09. The number of nitrogens with two attached hydrogens (primary N) is 1. The molecule has 0 atom stereocenters. The first kappa shape index (κ1) is 51.8. The Kier molecular flexibility index (Phi) is 35.5. The van der Waals surface area contributed by atoms with Crippen LogP contribution in [0.1, 0.15) is 167 Å². The van der Waals surface area contributed by atoms with Crippen LogP contribution in [-0.4, -0.2) is 64.2 Å². The molecule has 2 N–H and O–H groups in total. The number of methoxy groups -OCH3 is 4. The van der Waals surface area contributed by atoms with E-state index in [-0.39, 0.29) is 23.9 Å². The van der Waals surface area contributed by atoms with Crippen molar-refractivity contribution in [2.45, 2.75) is 148 Å². The van der Waals surface area contributed by atoms with Gasteiger partial charge in [-0.2, -0.15) is 0 Å². The monoisotopic (exact) mass is 833 g/mol. The van der Waals surface area contributed by atoms with Crippen molar-refractivity contribution in [3.8, 4) is 0 Å². The zero-order valence-corrected chi connectivity index (χ0v) is 36.1. The lowest BCUT2D eigenvalue weighted by Crippen LogP contribution is -2.01. The maximum Gasteiger partial charge on any atom is 0.337 e. The summed E-state index contributed by atoms with van der Waals surface area (Å²) in [7, 11) is 5.70. The van der Waals surface area contributed by atoms with E-state index in [4.69, 9.17) is 10.5 Å². The number of rotatable bonds is 28. The van der Waals surface area contributed by atoms with Crippen molar-refractivity contribution in [1.29, 1.82) is 0 Å². The average molecular weight is 835 g/mol. The third kappa shape index (κ3) is 30.6. The third-order valence-corrected chi connectivity index (χ3v) is 9.74. The molecule has 55 heavy (non-hydrogen) atoms. The highest BCUT2D eigenvalue weighted by Gasteiger charge is 2.07. The Labute approximate surface area is 341 Å². The fraction of sp³-hybridized carbons (Fsp3) is 0.644. The van der Waals surface area contributed by atoms with Crippen LogP contribution in [0.3, 0.4) is 0 Å². The van der Waals surface area contributed by atoms with Gasteiger partial charge < -0.3 is 24.7 Å². The number of hydrogen-bond donors (Lipinski definition) is 1. The SMILES string of the molecule is COC(=O)CCCCCCCCCCCCCc1cccc(C(=O)OC)c1.COC(=O)CCCCCCCN.COC(=O)c1cccc(CCCCCBr)c1. The van der Waals surface area contributed by atoms with Gasteiger partial charge in [-0.05, 0) is 93.3 Å². The van der Waals surface area contributed by atoms with Crippen molar-refractivity contribution in [3.05, 3.63) is 70.8 Å². The van der Waals surface area contributed by atoms with E-state index in [1.807, 2.05) is 24.3 Å². The molecule has 0 fully saturated rings. The molecular weight excluding hydrogens is 762 g/mol. The number of esters is 4. The van der Waals surface area contributed by atoms with Gasteiger partial charge in [0.05, 0.1) is 39.6 Å². The first-order valence-corrected chi connectivity index (χ1v) is 21.6. The van der Waals surface area contributed by atoms with Gasteiger partial charge in [0, 0.05) is 18.2 Å². The van der Waals surface area contributed by atoms with Crippen molar-refractivity contribution in [1.82, 2.24) is 0 Å². The van der Waals surface area contributed by atoms with Crippen LogP contribution in [0.2, 0.25) is 0 Å². The number of hydrogen-bond acceptors (Lipinski definition) is 9. The summed E-state index contributed by atoms with van der Waals surface area (Å²) in [5.41, 5.74) is 9.04. The molecule has 2 rings (SSSR count). The van der Waals surface area contributed by atoms with Gasteiger partial charge in [-0.15, -0.1) is 0 Å². The molecule has 0 spiro atoms. The highest BCUT2D eigenvalue weighted by atomic mass is 79.9. The van der Waals surface area contributed by atoms with Crippen molar-refractivity contribution in [3.63, 3.8) is 0 Å². The van der Waals surface area contributed by atoms with Crippen LogP contribution in [-0.2, 0) is 41.4 Å². The van der Waals surface area contributed by atoms with E-state index in [2.05, 4.69) is 42.3 Å². The molecule has 10 heteroatoms. The van der Waals surface area contributed by atoms with Crippen LogP contribution in [0.15, 0.2) is 48.5 Å². The van der Waals surface area contributed by atoms with Gasteiger partial charge in [0.1, 0.15) is 0 Å². The minimum Gasteiger partial charge on any atom is -0.469 e. The summed E-state index contributed by atoms with van der Waals surface area (Å²) < 4.78 is 18.6. The largest absolute Gasteiger partial charge is 0.469 e. The number of ether oxygens (including phenoxy) is 4. The van der Waals surface area contributed by atoms with Crippen molar-refractivity contribution in [2.75, 3.05) is 40.3 Å². The number of carbonyl (C=O) groups is 4. The van der Waals surface area contributed by atoms with E-state index in [0.717, 1.165) is 63.2 Å². The minimum absolute atomic E-state index is 0.0915. The van der Waals surface area contributed by atoms with E-state index in [9.17, 15) is 19.2 Å². The third-order valence-electron chi connectivity index (χ3n) is 9.18. The van der Waals surface area contributed by atoms with Crippen LogP contribution in [0, 0.1) is 0 Å². The zero-order valence-electron chi connectivity index (χ0n) is 34.5. The molecular formula is C45H72BrNO8. The smallest absolute Gasteiger partial charge is 0.337 e. The Morgan fingerprint density at radius 2 is 0.818 bits per heavy atom. The molecule has 0 unspecified atom stereocenters. The molecule has 2 aromatic carbocycles. The quantitative estimate of drug-likeness (QED) is 0.0385. The lowest BCUT2D eigenvalue weighted by Gasteiger charge is -2.05. The van der Waals surface area contributed by atoms with Crippen molar-refractivity contribution in [2.24, 2.45) is 5.73 Å². The summed E-state index contributed by atoms with van der Waals surface area (Å²) in [6, 6.07) is 15.4. The van der Waals surface area contributed by atoms with E-state index in [1.54, 1.807) is 12.1 Å². The van der Waals surface area contributed by atoms with Gasteiger partial charge in [0.25, 0.3) is 0 Å². The van der Waals surface area contributed by atoms with Gasteiger partial charge in [-0.1, -0.05) is 124 Å². The van der Waals surface area contributed by atoms with Crippen molar-refractivity contribution >= 4 is 39.8 Å². The zero-order chi connectivity index (χ0) is 40.8. The summed E-state index contributed by atoms with van der Waals surface area (Å²) in [6.07, 6.45) is 25.8. The standard InChI is InChI=1S/C23H36O4.C13H17BrO2.C9H19NO2/c1-26-22(24)18-13-11-9-7-5-3-4-6-8-10-12-15-20-16-14-17-21(19-20)23(25)27-2;1-16-13(15)12-8-5-7-11(10-12)6-3-2-4-9-14;1-12-9(11)7-5-3-2-4-6-8-10/h14,16-17,19H,3-13,15,18H2,1-2H3;5,7-8,10H,2-4,6,9H2,1H3;2-8,10H2,1H3. The molecule has 0 saturated heterocycles. The second kappa shape index (κ2) is 37.7.